The van der Waals surface area contributed by atoms with E-state index in [9.17, 15) is 28.8 Å². The second-order valence-electron chi connectivity index (χ2n) is 20.8. The first-order valence-corrected chi connectivity index (χ1v) is 29.3. The lowest BCUT2D eigenvalue weighted by atomic mass is 9.94. The first-order chi connectivity index (χ1) is 39.8. The number of aromatic nitrogens is 4. The number of H-pyrrole nitrogens is 2. The van der Waals surface area contributed by atoms with Crippen molar-refractivity contribution in [2.45, 2.75) is 166 Å². The first kappa shape index (κ1) is 66.1. The molecule has 4 heterocycles. The molecule has 4 N–H and O–H groups in total. The van der Waals surface area contributed by atoms with E-state index in [1.165, 1.54) is 21.5 Å². The van der Waals surface area contributed by atoms with Crippen molar-refractivity contribution in [3.05, 3.63) is 178 Å². The third kappa shape index (κ3) is 17.7. The summed E-state index contributed by atoms with van der Waals surface area (Å²) < 4.78 is 39.6. The number of carbonyl (C=O) groups is 2. The van der Waals surface area contributed by atoms with Gasteiger partial charge in [-0.1, -0.05) is 106 Å². The van der Waals surface area contributed by atoms with Crippen molar-refractivity contribution in [1.29, 1.82) is 0 Å². The number of amides is 2. The highest BCUT2D eigenvalue weighted by Gasteiger charge is 2.40. The Morgan fingerprint density at radius 2 is 1.11 bits per heavy atom. The van der Waals surface area contributed by atoms with Gasteiger partial charge >= 0.3 is 11.4 Å². The van der Waals surface area contributed by atoms with E-state index in [0.717, 1.165) is 77.2 Å². The van der Waals surface area contributed by atoms with Gasteiger partial charge in [-0.25, -0.2) is 9.59 Å². The van der Waals surface area contributed by atoms with Crippen molar-refractivity contribution in [2.75, 3.05) is 37.1 Å². The van der Waals surface area contributed by atoms with Crippen molar-refractivity contribution in [3.63, 3.8) is 0 Å². The Hall–Kier alpha value is -7.70. The molecular formula is C65H88N6O12. The highest BCUT2D eigenvalue weighted by atomic mass is 16.5. The third-order valence-corrected chi connectivity index (χ3v) is 14.0. The number of carbonyl (C=O) groups excluding carboxylic acids is 2. The molecule has 0 spiro atoms. The summed E-state index contributed by atoms with van der Waals surface area (Å²) >= 11 is 0. The molecule has 18 heteroatoms. The molecule has 2 aliphatic heterocycles. The maximum Gasteiger partial charge on any atom is 0.330 e. The van der Waals surface area contributed by atoms with Crippen LogP contribution in [0.1, 0.15) is 159 Å². The van der Waals surface area contributed by atoms with Crippen LogP contribution in [-0.2, 0) is 43.1 Å². The van der Waals surface area contributed by atoms with Gasteiger partial charge in [0, 0.05) is 58.9 Å². The largest absolute Gasteiger partial charge is 0.494 e. The molecule has 2 amide bonds. The Labute approximate surface area is 488 Å². The van der Waals surface area contributed by atoms with E-state index in [2.05, 4.69) is 54.5 Å². The minimum Gasteiger partial charge on any atom is -0.494 e. The van der Waals surface area contributed by atoms with E-state index < -0.39 is 47.2 Å². The van der Waals surface area contributed by atoms with Gasteiger partial charge < -0.3 is 39.1 Å². The molecule has 2 fully saturated rings. The van der Waals surface area contributed by atoms with Crippen LogP contribution < -0.4 is 47.3 Å². The van der Waals surface area contributed by atoms with E-state index >= 15 is 0 Å². The maximum atomic E-state index is 14.0. The van der Waals surface area contributed by atoms with Crippen LogP contribution in [-0.4, -0.2) is 69.6 Å². The van der Waals surface area contributed by atoms with Gasteiger partial charge in [-0.15, -0.1) is 0 Å². The molecule has 5 aromatic rings. The zero-order valence-corrected chi connectivity index (χ0v) is 50.8. The highest BCUT2D eigenvalue weighted by Crippen LogP contribution is 2.39. The molecular weight excluding hydrogens is 1060 g/mol. The zero-order valence-electron chi connectivity index (χ0n) is 50.8. The van der Waals surface area contributed by atoms with Gasteiger partial charge in [0.15, 0.2) is 0 Å². The standard InChI is InChI=1S/C53H66N6O11.C10H16O.C2H6/c1-9-18-66-41-17-16-39(54-50(62)44-30(5)21-42(69-44)58-28-32(7)48(60)56-52(58)64)26-37(41)23-35-14-13-15-36(47(35)68-20-11-3)24-38-27-40(25-34(12-4)46(38)67-19-10-2)55-51(63)45-31(6)22-43(70-45)59-29-33(8)49(61)57-53(59)65;1-5-7-9(3)10(4)11-8-6-2;1-2/h13-17,25-31,42-45H,9-12,18-24H2,1-8H3,(H,54,62)(H,55,63)(H,56,60,64)(H,57,61,65);5,7H,1,4,6,8H2,2-3H3;1-2H3/b;9-7-;/t30-,31-,42+,43+,44-,45-;;/m0../s1. The van der Waals surface area contributed by atoms with E-state index in [1.807, 2.05) is 97.0 Å². The molecule has 2 aromatic heterocycles. The smallest absolute Gasteiger partial charge is 0.330 e. The Morgan fingerprint density at radius 3 is 1.60 bits per heavy atom. The molecule has 2 aliphatic rings. The minimum absolute atomic E-state index is 0.222. The summed E-state index contributed by atoms with van der Waals surface area (Å²) in [5, 5.41) is 6.14. The van der Waals surface area contributed by atoms with Crippen LogP contribution in [0, 0.1) is 25.7 Å². The topological polar surface area (TPSA) is 223 Å². The van der Waals surface area contributed by atoms with Crippen molar-refractivity contribution in [1.82, 2.24) is 19.1 Å². The van der Waals surface area contributed by atoms with Crippen molar-refractivity contribution < 1.29 is 38.0 Å². The Bertz CT molecular complexity index is 3300. The molecule has 450 valence electrons. The van der Waals surface area contributed by atoms with E-state index in [-0.39, 0.29) is 23.7 Å². The number of aryl methyl sites for hydroxylation is 3. The number of anilines is 2. The number of ether oxygens (including phenoxy) is 6. The summed E-state index contributed by atoms with van der Waals surface area (Å²) in [7, 11) is 0. The number of nitrogens with zero attached hydrogens (tertiary/aromatic N) is 2. The van der Waals surface area contributed by atoms with Gasteiger partial charge in [0.2, 0.25) is 0 Å². The SMILES string of the molecule is C=C/C=C(/C)C(=C)OCCC.CC.CCCOc1ccc(NC(=O)[C@H]2O[C@@H](n3cc(C)c(=O)[nH]c3=O)C[C@@H]2C)cc1Cc1cccc(Cc2cc(NC(=O)[C@H]3O[C@@H](n4cc(C)c(=O)[nH]c4=O)C[C@@H]3C)cc(CC)c2OCCC)c1OCCC. The van der Waals surface area contributed by atoms with Crippen LogP contribution in [0.4, 0.5) is 11.4 Å². The lowest BCUT2D eigenvalue weighted by Crippen LogP contribution is -2.35. The fraction of sp³-hybridized carbons (Fsp3) is 0.477. The summed E-state index contributed by atoms with van der Waals surface area (Å²) in [5.74, 6) is 1.73. The summed E-state index contributed by atoms with van der Waals surface area (Å²) in [6, 6.07) is 15.5. The van der Waals surface area contributed by atoms with Gasteiger partial charge in [-0.05, 0) is 130 Å². The Balaban J connectivity index is 0.000000870. The second-order valence-corrected chi connectivity index (χ2v) is 20.8. The van der Waals surface area contributed by atoms with Gasteiger partial charge in [-0.2, -0.15) is 0 Å². The molecule has 6 atom stereocenters. The van der Waals surface area contributed by atoms with Gasteiger partial charge in [-0.3, -0.25) is 38.3 Å². The fourth-order valence-corrected chi connectivity index (χ4v) is 9.71. The lowest BCUT2D eigenvalue weighted by molar-refractivity contribution is -0.130. The summed E-state index contributed by atoms with van der Waals surface area (Å²) in [6.07, 6.45) is 9.04. The first-order valence-electron chi connectivity index (χ1n) is 29.3. The third-order valence-electron chi connectivity index (χ3n) is 14.0. The highest BCUT2D eigenvalue weighted by molar-refractivity contribution is 5.95. The quantitative estimate of drug-likeness (QED) is 0.0316. The minimum atomic E-state index is -0.852. The van der Waals surface area contributed by atoms with E-state index in [1.54, 1.807) is 26.0 Å². The average molecular weight is 1150 g/mol. The number of aromatic amines is 2. The Morgan fingerprint density at radius 1 is 0.651 bits per heavy atom. The maximum absolute atomic E-state index is 14.0. The number of rotatable bonds is 25. The molecule has 2 saturated heterocycles. The number of nitrogens with one attached hydrogen (secondary N) is 4. The van der Waals surface area contributed by atoms with Crippen molar-refractivity contribution in [3.8, 4) is 17.2 Å². The molecule has 7 rings (SSSR count). The number of para-hydroxylation sites is 1. The van der Waals surface area contributed by atoms with Crippen LogP contribution in [0.3, 0.4) is 0 Å². The lowest BCUT2D eigenvalue weighted by Gasteiger charge is -2.22. The number of benzene rings is 3. The molecule has 0 unspecified atom stereocenters. The van der Waals surface area contributed by atoms with Crippen LogP contribution in [0.15, 0.2) is 117 Å². The molecule has 3 aromatic carbocycles. The van der Waals surface area contributed by atoms with E-state index in [4.69, 9.17) is 28.4 Å². The van der Waals surface area contributed by atoms with Crippen LogP contribution in [0.5, 0.6) is 17.2 Å². The monoisotopic (exact) mass is 1140 g/mol. The van der Waals surface area contributed by atoms with Crippen molar-refractivity contribution >= 4 is 23.2 Å². The molecule has 0 saturated carbocycles. The molecule has 0 radical (unpaired) electrons. The molecule has 83 heavy (non-hydrogen) atoms. The predicted molar refractivity (Wildman–Crippen MR) is 327 cm³/mol. The molecule has 18 nitrogen and oxygen atoms in total. The average Bonchev–Trinajstić information content (AvgIpc) is 4.01. The van der Waals surface area contributed by atoms with Gasteiger partial charge in [0.25, 0.3) is 22.9 Å². The van der Waals surface area contributed by atoms with Crippen molar-refractivity contribution in [2.24, 2.45) is 11.8 Å². The second kappa shape index (κ2) is 32.2. The Kier molecular flexibility index (Phi) is 25.7. The fourth-order valence-electron chi connectivity index (χ4n) is 9.71. The normalized spacial score (nSPS) is 18.2. The van der Waals surface area contributed by atoms with Crippen LogP contribution in [0.2, 0.25) is 0 Å². The number of hydrogen-bond donors (Lipinski definition) is 4. The molecule has 0 bridgehead atoms. The van der Waals surface area contributed by atoms with E-state index in [0.29, 0.717) is 85.9 Å². The number of hydrogen-bond acceptors (Lipinski definition) is 12. The van der Waals surface area contributed by atoms with Crippen LogP contribution in [0.25, 0.3) is 0 Å². The summed E-state index contributed by atoms with van der Waals surface area (Å²) in [5.41, 5.74) is 5.20. The summed E-state index contributed by atoms with van der Waals surface area (Å²) in [6.45, 7) is 32.8. The van der Waals surface area contributed by atoms with Crippen LogP contribution >= 0.6 is 0 Å². The zero-order chi connectivity index (χ0) is 60.9. The van der Waals surface area contributed by atoms with Gasteiger partial charge in [0.1, 0.15) is 47.7 Å². The summed E-state index contributed by atoms with van der Waals surface area (Å²) in [4.78, 5) is 81.9. The number of allylic oxidation sites excluding steroid dienone is 3. The van der Waals surface area contributed by atoms with Gasteiger partial charge in [0.05, 0.1) is 26.4 Å². The predicted octanol–water partition coefficient (Wildman–Crippen LogP) is 11.3. The molecule has 0 aliphatic carbocycles.